The maximum absolute atomic E-state index is 12.2. The Balaban J connectivity index is 2.16. The van der Waals surface area contributed by atoms with Crippen LogP contribution in [0.15, 0.2) is 0 Å². The molecule has 1 spiro atoms. The molecule has 15 heavy (non-hydrogen) atoms. The van der Waals surface area contributed by atoms with Crippen LogP contribution in [0.4, 0.5) is 0 Å². The van der Waals surface area contributed by atoms with Crippen molar-refractivity contribution in [1.82, 2.24) is 4.31 Å². The highest BCUT2D eigenvalue weighted by Crippen LogP contribution is 2.48. The van der Waals surface area contributed by atoms with Crippen molar-refractivity contribution in [1.29, 1.82) is 0 Å². The molecule has 0 bridgehead atoms. The molecule has 0 amide bonds. The average molecular weight is 231 g/mol. The molecular weight excluding hydrogens is 210 g/mol. The number of hydrogen-bond donors (Lipinski definition) is 0. The summed E-state index contributed by atoms with van der Waals surface area (Å²) < 4.78 is 25.5. The van der Waals surface area contributed by atoms with Crippen LogP contribution in [-0.2, 0) is 10.0 Å². The standard InChI is InChI=1S/C11H21NO2S/c1-10(2,3)15(13,14)12-9-11(12)7-5-4-6-8-11/h4-9H2,1-3H3. The first kappa shape index (κ1) is 11.4. The van der Waals surface area contributed by atoms with Gasteiger partial charge in [0.1, 0.15) is 0 Å². The van der Waals surface area contributed by atoms with E-state index in [2.05, 4.69) is 0 Å². The van der Waals surface area contributed by atoms with Crippen LogP contribution in [0.25, 0.3) is 0 Å². The quantitative estimate of drug-likeness (QED) is 0.648. The molecule has 0 radical (unpaired) electrons. The average Bonchev–Trinajstić information content (AvgIpc) is 2.79. The first-order valence-corrected chi connectivity index (χ1v) is 7.26. The summed E-state index contributed by atoms with van der Waals surface area (Å²) in [5.74, 6) is 0. The Morgan fingerprint density at radius 2 is 1.60 bits per heavy atom. The molecular formula is C11H21NO2S. The van der Waals surface area contributed by atoms with E-state index in [-0.39, 0.29) is 5.54 Å². The Labute approximate surface area is 92.9 Å². The van der Waals surface area contributed by atoms with Gasteiger partial charge in [-0.15, -0.1) is 0 Å². The van der Waals surface area contributed by atoms with E-state index in [0.29, 0.717) is 0 Å². The highest BCUT2D eigenvalue weighted by molar-refractivity contribution is 7.90. The van der Waals surface area contributed by atoms with Crippen LogP contribution >= 0.6 is 0 Å². The van der Waals surface area contributed by atoms with Crippen LogP contribution in [0, 0.1) is 0 Å². The zero-order valence-electron chi connectivity index (χ0n) is 9.91. The number of hydrogen-bond acceptors (Lipinski definition) is 2. The molecule has 0 aromatic heterocycles. The summed E-state index contributed by atoms with van der Waals surface area (Å²) >= 11 is 0. The molecule has 1 saturated carbocycles. The van der Waals surface area contributed by atoms with Gasteiger partial charge in [-0.05, 0) is 33.6 Å². The van der Waals surface area contributed by atoms with Crippen LogP contribution in [0.3, 0.4) is 0 Å². The molecule has 2 aliphatic rings. The van der Waals surface area contributed by atoms with E-state index in [0.717, 1.165) is 19.4 Å². The predicted octanol–water partition coefficient (Wildman–Crippen LogP) is 2.13. The first-order chi connectivity index (χ1) is 6.80. The van der Waals surface area contributed by atoms with Crippen molar-refractivity contribution in [2.75, 3.05) is 6.54 Å². The summed E-state index contributed by atoms with van der Waals surface area (Å²) in [4.78, 5) is 0. The highest BCUT2D eigenvalue weighted by Gasteiger charge is 2.60. The number of rotatable bonds is 1. The van der Waals surface area contributed by atoms with Crippen LogP contribution in [0.2, 0.25) is 0 Å². The van der Waals surface area contributed by atoms with E-state index in [4.69, 9.17) is 0 Å². The lowest BCUT2D eigenvalue weighted by Gasteiger charge is -2.26. The van der Waals surface area contributed by atoms with Gasteiger partial charge >= 0.3 is 0 Å². The fourth-order valence-corrected chi connectivity index (χ4v) is 4.28. The van der Waals surface area contributed by atoms with Crippen molar-refractivity contribution in [2.24, 2.45) is 0 Å². The summed E-state index contributed by atoms with van der Waals surface area (Å²) in [7, 11) is -3.08. The van der Waals surface area contributed by atoms with Crippen molar-refractivity contribution in [3.8, 4) is 0 Å². The van der Waals surface area contributed by atoms with Crippen LogP contribution in [-0.4, -0.2) is 29.6 Å². The van der Waals surface area contributed by atoms with Crippen LogP contribution in [0.1, 0.15) is 52.9 Å². The summed E-state index contributed by atoms with van der Waals surface area (Å²) in [6.07, 6.45) is 5.79. The van der Waals surface area contributed by atoms with Gasteiger partial charge in [-0.3, -0.25) is 0 Å². The normalized spacial score (nSPS) is 30.5. The van der Waals surface area contributed by atoms with Gasteiger partial charge in [0.15, 0.2) is 0 Å². The first-order valence-electron chi connectivity index (χ1n) is 5.82. The monoisotopic (exact) mass is 231 g/mol. The third-order valence-electron chi connectivity index (χ3n) is 3.71. The van der Waals surface area contributed by atoms with Gasteiger partial charge < -0.3 is 0 Å². The molecule has 1 heterocycles. The minimum atomic E-state index is -3.08. The number of nitrogens with zero attached hydrogens (tertiary/aromatic N) is 1. The SMILES string of the molecule is CC(C)(C)S(=O)(=O)N1CC12CCCCC2. The lowest BCUT2D eigenvalue weighted by molar-refractivity contribution is 0.361. The van der Waals surface area contributed by atoms with Crippen molar-refractivity contribution in [2.45, 2.75) is 63.2 Å². The maximum Gasteiger partial charge on any atom is 0.219 e. The zero-order valence-corrected chi connectivity index (χ0v) is 10.7. The Morgan fingerprint density at radius 1 is 1.07 bits per heavy atom. The van der Waals surface area contributed by atoms with E-state index in [1.165, 1.54) is 19.3 Å². The molecule has 1 aliphatic heterocycles. The fourth-order valence-electron chi connectivity index (χ4n) is 2.52. The largest absolute Gasteiger partial charge is 0.219 e. The van der Waals surface area contributed by atoms with Crippen LogP contribution < -0.4 is 0 Å². The van der Waals surface area contributed by atoms with Crippen LogP contribution in [0.5, 0.6) is 0 Å². The Morgan fingerprint density at radius 3 is 2.07 bits per heavy atom. The fraction of sp³-hybridized carbons (Fsp3) is 1.00. The summed E-state index contributed by atoms with van der Waals surface area (Å²) in [5.41, 5.74) is 0.0321. The molecule has 1 saturated heterocycles. The van der Waals surface area contributed by atoms with Gasteiger partial charge in [0.05, 0.1) is 4.75 Å². The highest BCUT2D eigenvalue weighted by atomic mass is 32.2. The van der Waals surface area contributed by atoms with E-state index in [1.807, 2.05) is 0 Å². The summed E-state index contributed by atoms with van der Waals surface area (Å²) in [5, 5.41) is 0. The Hall–Kier alpha value is -0.0900. The maximum atomic E-state index is 12.2. The van der Waals surface area contributed by atoms with Gasteiger partial charge in [0, 0.05) is 12.1 Å². The second-order valence-corrected chi connectivity index (χ2v) is 8.52. The lowest BCUT2D eigenvalue weighted by atomic mass is 9.89. The number of sulfonamides is 1. The zero-order chi connectivity index (χ0) is 11.3. The topological polar surface area (TPSA) is 37.1 Å². The van der Waals surface area contributed by atoms with Gasteiger partial charge in [-0.25, -0.2) is 8.42 Å². The van der Waals surface area contributed by atoms with Crippen molar-refractivity contribution in [3.05, 3.63) is 0 Å². The molecule has 0 N–H and O–H groups in total. The van der Waals surface area contributed by atoms with Crippen molar-refractivity contribution in [3.63, 3.8) is 0 Å². The molecule has 1 unspecified atom stereocenters. The Bertz CT molecular complexity index is 347. The molecule has 4 heteroatoms. The molecule has 0 aromatic carbocycles. The minimum absolute atomic E-state index is 0.0321. The second kappa shape index (κ2) is 3.20. The third kappa shape index (κ3) is 1.72. The molecule has 1 aliphatic carbocycles. The predicted molar refractivity (Wildman–Crippen MR) is 61.2 cm³/mol. The molecule has 3 nitrogen and oxygen atoms in total. The third-order valence-corrected chi connectivity index (χ3v) is 6.36. The van der Waals surface area contributed by atoms with E-state index >= 15 is 0 Å². The molecule has 2 fully saturated rings. The van der Waals surface area contributed by atoms with Crippen molar-refractivity contribution < 1.29 is 8.42 Å². The van der Waals surface area contributed by atoms with E-state index < -0.39 is 14.8 Å². The summed E-state index contributed by atoms with van der Waals surface area (Å²) in [6.45, 7) is 6.14. The smallest absolute Gasteiger partial charge is 0.212 e. The molecule has 1 atom stereocenters. The molecule has 2 rings (SSSR count). The van der Waals surface area contributed by atoms with Gasteiger partial charge in [-0.2, -0.15) is 4.31 Å². The van der Waals surface area contributed by atoms with Gasteiger partial charge in [0.2, 0.25) is 10.0 Å². The van der Waals surface area contributed by atoms with Crippen molar-refractivity contribution >= 4 is 10.0 Å². The lowest BCUT2D eigenvalue weighted by Crippen LogP contribution is -2.37. The Kier molecular flexibility index (Phi) is 2.43. The molecule has 0 aromatic rings. The second-order valence-electron chi connectivity index (χ2n) is 5.91. The van der Waals surface area contributed by atoms with Gasteiger partial charge in [0.25, 0.3) is 0 Å². The summed E-state index contributed by atoms with van der Waals surface area (Å²) in [6, 6.07) is 0. The van der Waals surface area contributed by atoms with Gasteiger partial charge in [-0.1, -0.05) is 19.3 Å². The van der Waals surface area contributed by atoms with E-state index in [9.17, 15) is 8.42 Å². The molecule has 88 valence electrons. The minimum Gasteiger partial charge on any atom is -0.212 e. The van der Waals surface area contributed by atoms with E-state index in [1.54, 1.807) is 25.1 Å².